The van der Waals surface area contributed by atoms with E-state index in [-0.39, 0.29) is 0 Å². The molecular formula is C12H18N2. The average molecular weight is 190 g/mol. The van der Waals surface area contributed by atoms with Crippen molar-refractivity contribution in [2.24, 2.45) is 10.9 Å². The van der Waals surface area contributed by atoms with Crippen molar-refractivity contribution in [2.45, 2.75) is 26.2 Å². The summed E-state index contributed by atoms with van der Waals surface area (Å²) >= 11 is 0. The molecule has 0 amide bonds. The molecule has 1 fully saturated rings. The summed E-state index contributed by atoms with van der Waals surface area (Å²) in [6.07, 6.45) is 7.52. The lowest BCUT2D eigenvalue weighted by molar-refractivity contribution is 0.247. The fourth-order valence-electron chi connectivity index (χ4n) is 2.01. The third kappa shape index (κ3) is 1.89. The molecule has 0 unspecified atom stereocenters. The zero-order chi connectivity index (χ0) is 9.97. The van der Waals surface area contributed by atoms with Crippen LogP contribution in [0.5, 0.6) is 0 Å². The third-order valence-electron chi connectivity index (χ3n) is 3.15. The first kappa shape index (κ1) is 9.50. The van der Waals surface area contributed by atoms with Gasteiger partial charge in [-0.3, -0.25) is 4.99 Å². The van der Waals surface area contributed by atoms with Gasteiger partial charge in [0.1, 0.15) is 0 Å². The Morgan fingerprint density at radius 3 is 2.79 bits per heavy atom. The van der Waals surface area contributed by atoms with Crippen molar-refractivity contribution >= 4 is 5.71 Å². The van der Waals surface area contributed by atoms with E-state index >= 15 is 0 Å². The molecule has 0 aromatic carbocycles. The van der Waals surface area contributed by atoms with Crippen LogP contribution in [0, 0.1) is 5.92 Å². The number of hydrogen-bond acceptors (Lipinski definition) is 2. The molecule has 0 aliphatic carbocycles. The van der Waals surface area contributed by atoms with Gasteiger partial charge in [-0.1, -0.05) is 19.6 Å². The average Bonchev–Trinajstić information content (AvgIpc) is 2.71. The molecule has 0 atom stereocenters. The summed E-state index contributed by atoms with van der Waals surface area (Å²) in [6, 6.07) is 0. The van der Waals surface area contributed by atoms with E-state index in [2.05, 4.69) is 29.5 Å². The van der Waals surface area contributed by atoms with E-state index in [0.29, 0.717) is 0 Å². The van der Waals surface area contributed by atoms with Crippen LogP contribution < -0.4 is 0 Å². The number of nitrogens with zero attached hydrogens (tertiary/aromatic N) is 2. The first-order valence-corrected chi connectivity index (χ1v) is 5.43. The second-order valence-corrected chi connectivity index (χ2v) is 4.28. The maximum absolute atomic E-state index is 4.32. The Labute approximate surface area is 86.0 Å². The van der Waals surface area contributed by atoms with Crippen LogP contribution in [0.15, 0.2) is 29.5 Å². The van der Waals surface area contributed by atoms with Crippen LogP contribution in [0.3, 0.4) is 0 Å². The van der Waals surface area contributed by atoms with E-state index in [0.717, 1.165) is 36.8 Å². The molecule has 2 nitrogen and oxygen atoms in total. The van der Waals surface area contributed by atoms with Crippen molar-refractivity contribution in [2.75, 3.05) is 13.1 Å². The Morgan fingerprint density at radius 1 is 1.50 bits per heavy atom. The summed E-state index contributed by atoms with van der Waals surface area (Å²) in [7, 11) is 0. The summed E-state index contributed by atoms with van der Waals surface area (Å²) in [5, 5.41) is 0. The number of rotatable bonds is 2. The van der Waals surface area contributed by atoms with Gasteiger partial charge in [0.05, 0.1) is 11.4 Å². The Hall–Kier alpha value is -1.05. The molecule has 0 saturated carbocycles. The Bertz CT molecular complexity index is 281. The normalized spacial score (nSPS) is 22.6. The number of piperidine rings is 1. The van der Waals surface area contributed by atoms with Crippen molar-refractivity contribution in [1.82, 2.24) is 4.90 Å². The van der Waals surface area contributed by atoms with Crippen LogP contribution in [0.4, 0.5) is 0 Å². The monoisotopic (exact) mass is 190 g/mol. The van der Waals surface area contributed by atoms with Crippen LogP contribution in [0.2, 0.25) is 0 Å². The Kier molecular flexibility index (Phi) is 2.71. The fraction of sp³-hybridized carbons (Fsp3) is 0.583. The van der Waals surface area contributed by atoms with E-state index in [9.17, 15) is 0 Å². The fourth-order valence-corrected chi connectivity index (χ4v) is 2.01. The molecule has 2 heterocycles. The summed E-state index contributed by atoms with van der Waals surface area (Å²) in [5.41, 5.74) is 2.29. The Balaban J connectivity index is 1.92. The highest BCUT2D eigenvalue weighted by Gasteiger charge is 2.19. The maximum atomic E-state index is 4.32. The minimum Gasteiger partial charge on any atom is -0.371 e. The van der Waals surface area contributed by atoms with Gasteiger partial charge in [0.15, 0.2) is 0 Å². The van der Waals surface area contributed by atoms with E-state index in [1.165, 1.54) is 12.8 Å². The lowest BCUT2D eigenvalue weighted by Crippen LogP contribution is -2.34. The molecule has 1 saturated heterocycles. The van der Waals surface area contributed by atoms with Crippen LogP contribution >= 0.6 is 0 Å². The predicted molar refractivity (Wildman–Crippen MR) is 60.3 cm³/mol. The smallest absolute Gasteiger partial charge is 0.0668 e. The maximum Gasteiger partial charge on any atom is 0.0668 e. The Morgan fingerprint density at radius 2 is 2.21 bits per heavy atom. The van der Waals surface area contributed by atoms with Crippen molar-refractivity contribution in [3.63, 3.8) is 0 Å². The SMILES string of the molecule is C=C(C1=NC=CC1)N1CCC(C)CC1. The van der Waals surface area contributed by atoms with E-state index in [1.807, 2.05) is 6.20 Å². The number of allylic oxidation sites excluding steroid dienone is 2. The van der Waals surface area contributed by atoms with Crippen LogP contribution in [-0.2, 0) is 0 Å². The molecule has 14 heavy (non-hydrogen) atoms. The number of likely N-dealkylation sites (tertiary alicyclic amines) is 1. The minimum atomic E-state index is 0.877. The number of hydrogen-bond donors (Lipinski definition) is 0. The van der Waals surface area contributed by atoms with Crippen molar-refractivity contribution < 1.29 is 0 Å². The zero-order valence-corrected chi connectivity index (χ0v) is 8.87. The molecule has 2 heteroatoms. The van der Waals surface area contributed by atoms with E-state index < -0.39 is 0 Å². The molecule has 0 bridgehead atoms. The van der Waals surface area contributed by atoms with Crippen molar-refractivity contribution in [1.29, 1.82) is 0 Å². The molecule has 0 N–H and O–H groups in total. The van der Waals surface area contributed by atoms with Gasteiger partial charge in [-0.25, -0.2) is 0 Å². The molecule has 0 radical (unpaired) electrons. The molecule has 76 valence electrons. The number of aliphatic imine (C=N–C) groups is 1. The van der Waals surface area contributed by atoms with Gasteiger partial charge in [-0.15, -0.1) is 0 Å². The second-order valence-electron chi connectivity index (χ2n) is 4.28. The molecule has 2 rings (SSSR count). The summed E-state index contributed by atoms with van der Waals surface area (Å²) in [5.74, 6) is 0.877. The van der Waals surface area contributed by atoms with Crippen molar-refractivity contribution in [3.8, 4) is 0 Å². The summed E-state index contributed by atoms with van der Waals surface area (Å²) in [6.45, 7) is 8.77. The van der Waals surface area contributed by atoms with Gasteiger partial charge in [0.25, 0.3) is 0 Å². The standard InChI is InChI=1S/C12H18N2/c1-10-5-8-14(9-6-10)11(2)12-4-3-7-13-12/h3,7,10H,2,4-6,8-9H2,1H3. The van der Waals surface area contributed by atoms with Gasteiger partial charge >= 0.3 is 0 Å². The summed E-state index contributed by atoms with van der Waals surface area (Å²) < 4.78 is 0. The highest BCUT2D eigenvalue weighted by Crippen LogP contribution is 2.21. The molecular weight excluding hydrogens is 172 g/mol. The molecule has 0 aromatic rings. The third-order valence-corrected chi connectivity index (χ3v) is 3.15. The predicted octanol–water partition coefficient (Wildman–Crippen LogP) is 2.59. The summed E-state index contributed by atoms with van der Waals surface area (Å²) in [4.78, 5) is 6.71. The minimum absolute atomic E-state index is 0.877. The van der Waals surface area contributed by atoms with Gasteiger partial charge in [0, 0.05) is 25.7 Å². The second kappa shape index (κ2) is 3.99. The van der Waals surface area contributed by atoms with Gasteiger partial charge in [-0.2, -0.15) is 0 Å². The first-order chi connectivity index (χ1) is 6.77. The quantitative estimate of drug-likeness (QED) is 0.653. The van der Waals surface area contributed by atoms with E-state index in [4.69, 9.17) is 0 Å². The molecule has 2 aliphatic rings. The van der Waals surface area contributed by atoms with Gasteiger partial charge in [0.2, 0.25) is 0 Å². The van der Waals surface area contributed by atoms with Crippen LogP contribution in [-0.4, -0.2) is 23.7 Å². The molecule has 0 aromatic heterocycles. The first-order valence-electron chi connectivity index (χ1n) is 5.43. The highest BCUT2D eigenvalue weighted by atomic mass is 15.1. The topological polar surface area (TPSA) is 15.6 Å². The van der Waals surface area contributed by atoms with Crippen molar-refractivity contribution in [3.05, 3.63) is 24.6 Å². The van der Waals surface area contributed by atoms with Gasteiger partial charge in [-0.05, 0) is 18.8 Å². The molecule has 0 spiro atoms. The zero-order valence-electron chi connectivity index (χ0n) is 8.87. The lowest BCUT2D eigenvalue weighted by atomic mass is 9.98. The highest BCUT2D eigenvalue weighted by molar-refractivity contribution is 6.01. The van der Waals surface area contributed by atoms with E-state index in [1.54, 1.807) is 0 Å². The largest absolute Gasteiger partial charge is 0.371 e. The molecule has 2 aliphatic heterocycles. The van der Waals surface area contributed by atoms with Crippen LogP contribution in [0.25, 0.3) is 0 Å². The van der Waals surface area contributed by atoms with Crippen LogP contribution in [0.1, 0.15) is 26.2 Å². The lowest BCUT2D eigenvalue weighted by Gasteiger charge is -2.33. The van der Waals surface area contributed by atoms with Gasteiger partial charge < -0.3 is 4.90 Å².